The van der Waals surface area contributed by atoms with E-state index in [1.807, 2.05) is 30.3 Å². The van der Waals surface area contributed by atoms with Crippen LogP contribution in [0, 0.1) is 0 Å². The minimum Gasteiger partial charge on any atom is -0.483 e. The number of carbonyl (C=O) groups is 3. The molecule has 1 unspecified atom stereocenters. The van der Waals surface area contributed by atoms with E-state index in [4.69, 9.17) is 37.4 Å². The first-order chi connectivity index (χ1) is 16.8. The number of ether oxygens (including phenoxy) is 3. The monoisotopic (exact) mass is 517 g/mol. The van der Waals surface area contributed by atoms with Crippen LogP contribution in [0.1, 0.15) is 29.3 Å². The quantitative estimate of drug-likeness (QED) is 0.381. The number of carbonyl (C=O) groups excluding carboxylic acids is 3. The molecule has 7 nitrogen and oxygen atoms in total. The molecule has 0 aliphatic carbocycles. The molecule has 1 amide bonds. The van der Waals surface area contributed by atoms with Crippen molar-refractivity contribution >= 4 is 51.8 Å². The van der Waals surface area contributed by atoms with Gasteiger partial charge in [0.25, 0.3) is 5.91 Å². The molecule has 0 aromatic heterocycles. The maximum atomic E-state index is 12.8. The molecule has 0 fully saturated rings. The van der Waals surface area contributed by atoms with Crippen molar-refractivity contribution in [3.8, 4) is 5.75 Å². The Bertz CT molecular complexity index is 1220. The second-order valence-corrected chi connectivity index (χ2v) is 8.55. The van der Waals surface area contributed by atoms with E-state index in [1.54, 1.807) is 25.1 Å². The highest BCUT2D eigenvalue weighted by atomic mass is 35.5. The largest absolute Gasteiger partial charge is 0.483 e. The predicted molar refractivity (Wildman–Crippen MR) is 134 cm³/mol. The number of fused-ring (bicyclic) bond motifs is 1. The molecule has 0 heterocycles. The lowest BCUT2D eigenvalue weighted by Crippen LogP contribution is -2.40. The fourth-order valence-electron chi connectivity index (χ4n) is 3.65. The Balaban J connectivity index is 1.79. The van der Waals surface area contributed by atoms with Gasteiger partial charge in [0.05, 0.1) is 30.7 Å². The molecule has 3 aromatic carbocycles. The van der Waals surface area contributed by atoms with Crippen molar-refractivity contribution in [2.45, 2.75) is 25.8 Å². The Kier molecular flexibility index (Phi) is 9.34. The summed E-state index contributed by atoms with van der Waals surface area (Å²) in [5, 5.41) is 4.59. The van der Waals surface area contributed by atoms with Gasteiger partial charge in [-0.3, -0.25) is 9.59 Å². The number of benzene rings is 3. The van der Waals surface area contributed by atoms with Gasteiger partial charge in [0.1, 0.15) is 5.75 Å². The molecule has 0 aliphatic rings. The van der Waals surface area contributed by atoms with Gasteiger partial charge >= 0.3 is 11.9 Å². The molecule has 9 heteroatoms. The van der Waals surface area contributed by atoms with E-state index in [9.17, 15) is 14.4 Å². The normalized spacial score (nSPS) is 11.5. The standard InChI is InChI=1S/C26H25Cl2NO6/c1-3-34-24(31)14-20(9-16-7-5-4-6-8-16)29-23(30)15-35-22-12-18(26(32)33-2)10-17-11-19(27)13-21(28)25(17)22/h4-8,10-13,20H,3,9,14-15H2,1-2H3,(H,29,30). The fourth-order valence-corrected chi connectivity index (χ4v) is 4.25. The first kappa shape index (κ1) is 26.3. The van der Waals surface area contributed by atoms with Crippen LogP contribution in [0.15, 0.2) is 54.6 Å². The highest BCUT2D eigenvalue weighted by Gasteiger charge is 2.20. The molecule has 3 aromatic rings. The first-order valence-corrected chi connectivity index (χ1v) is 11.7. The van der Waals surface area contributed by atoms with Crippen molar-refractivity contribution in [1.29, 1.82) is 0 Å². The molecule has 0 saturated carbocycles. The Hall–Kier alpha value is -3.29. The highest BCUT2D eigenvalue weighted by Crippen LogP contribution is 2.36. The van der Waals surface area contributed by atoms with Gasteiger partial charge in [-0.15, -0.1) is 0 Å². The molecule has 0 spiro atoms. The van der Waals surface area contributed by atoms with E-state index in [1.165, 1.54) is 13.2 Å². The highest BCUT2D eigenvalue weighted by molar-refractivity contribution is 6.39. The summed E-state index contributed by atoms with van der Waals surface area (Å²) < 4.78 is 15.6. The Labute approximate surface area is 213 Å². The summed E-state index contributed by atoms with van der Waals surface area (Å²) in [7, 11) is 1.27. The van der Waals surface area contributed by atoms with Crippen molar-refractivity contribution in [3.05, 3.63) is 75.8 Å². The van der Waals surface area contributed by atoms with Crippen LogP contribution in [0.3, 0.4) is 0 Å². The van der Waals surface area contributed by atoms with Gasteiger partial charge in [-0.25, -0.2) is 4.79 Å². The first-order valence-electron chi connectivity index (χ1n) is 10.9. The van der Waals surface area contributed by atoms with Crippen molar-refractivity contribution in [2.75, 3.05) is 20.3 Å². The third kappa shape index (κ3) is 7.34. The lowest BCUT2D eigenvalue weighted by Gasteiger charge is -2.19. The molecule has 0 radical (unpaired) electrons. The van der Waals surface area contributed by atoms with Crippen LogP contribution in [0.25, 0.3) is 10.8 Å². The maximum Gasteiger partial charge on any atom is 0.338 e. The third-order valence-corrected chi connectivity index (χ3v) is 5.63. The zero-order valence-corrected chi connectivity index (χ0v) is 20.8. The van der Waals surface area contributed by atoms with Crippen molar-refractivity contribution < 1.29 is 28.6 Å². The Morgan fingerprint density at radius 3 is 2.46 bits per heavy atom. The fraction of sp³-hybridized carbons (Fsp3) is 0.269. The smallest absolute Gasteiger partial charge is 0.338 e. The minimum absolute atomic E-state index is 0.0135. The van der Waals surface area contributed by atoms with Crippen LogP contribution in [-0.2, 0) is 25.5 Å². The Morgan fingerprint density at radius 1 is 1.03 bits per heavy atom. The van der Waals surface area contributed by atoms with Gasteiger partial charge in [0, 0.05) is 16.5 Å². The van der Waals surface area contributed by atoms with Gasteiger partial charge in [0.2, 0.25) is 0 Å². The van der Waals surface area contributed by atoms with E-state index in [0.29, 0.717) is 27.2 Å². The van der Waals surface area contributed by atoms with E-state index >= 15 is 0 Å². The zero-order chi connectivity index (χ0) is 25.4. The SMILES string of the molecule is CCOC(=O)CC(Cc1ccccc1)NC(=O)COc1cc(C(=O)OC)cc2cc(Cl)cc(Cl)c12. The van der Waals surface area contributed by atoms with Crippen molar-refractivity contribution in [3.63, 3.8) is 0 Å². The van der Waals surface area contributed by atoms with Crippen molar-refractivity contribution in [1.82, 2.24) is 5.32 Å². The van der Waals surface area contributed by atoms with Crippen LogP contribution >= 0.6 is 23.2 Å². The number of hydrogen-bond acceptors (Lipinski definition) is 6. The number of amides is 1. The van der Waals surface area contributed by atoms with Crippen LogP contribution in [0.5, 0.6) is 5.75 Å². The Morgan fingerprint density at radius 2 is 1.77 bits per heavy atom. The zero-order valence-electron chi connectivity index (χ0n) is 19.3. The number of hydrogen-bond donors (Lipinski definition) is 1. The third-order valence-electron chi connectivity index (χ3n) is 5.12. The summed E-state index contributed by atoms with van der Waals surface area (Å²) in [6, 6.07) is 15.2. The van der Waals surface area contributed by atoms with Crippen molar-refractivity contribution in [2.24, 2.45) is 0 Å². The van der Waals surface area contributed by atoms with E-state index in [0.717, 1.165) is 5.56 Å². The average Bonchev–Trinajstić information content (AvgIpc) is 2.82. The molecule has 184 valence electrons. The summed E-state index contributed by atoms with van der Waals surface area (Å²) in [5.41, 5.74) is 1.18. The number of nitrogens with one attached hydrogen (secondary N) is 1. The molecule has 1 atom stereocenters. The van der Waals surface area contributed by atoms with E-state index < -0.39 is 23.9 Å². The second kappa shape index (κ2) is 12.4. The van der Waals surface area contributed by atoms with Gasteiger partial charge in [0.15, 0.2) is 6.61 Å². The molecule has 1 N–H and O–H groups in total. The summed E-state index contributed by atoms with van der Waals surface area (Å²) in [4.78, 5) is 37.0. The molecule has 0 saturated heterocycles. The van der Waals surface area contributed by atoms with Gasteiger partial charge < -0.3 is 19.5 Å². The molecule has 3 rings (SSSR count). The summed E-state index contributed by atoms with van der Waals surface area (Å²) in [5.74, 6) is -1.20. The van der Waals surface area contributed by atoms with Gasteiger partial charge in [-0.1, -0.05) is 53.5 Å². The van der Waals surface area contributed by atoms with E-state index in [-0.39, 0.29) is 30.9 Å². The molecule has 0 aliphatic heterocycles. The predicted octanol–water partition coefficient (Wildman–Crippen LogP) is 4.99. The molecular weight excluding hydrogens is 493 g/mol. The maximum absolute atomic E-state index is 12.8. The topological polar surface area (TPSA) is 90.9 Å². The van der Waals surface area contributed by atoms with Crippen LogP contribution < -0.4 is 10.1 Å². The lowest BCUT2D eigenvalue weighted by atomic mass is 10.0. The molecule has 0 bridgehead atoms. The summed E-state index contributed by atoms with van der Waals surface area (Å²) in [6.45, 7) is 1.61. The summed E-state index contributed by atoms with van der Waals surface area (Å²) >= 11 is 12.5. The van der Waals surface area contributed by atoms with Crippen LogP contribution in [-0.4, -0.2) is 44.2 Å². The second-order valence-electron chi connectivity index (χ2n) is 7.70. The van der Waals surface area contributed by atoms with E-state index in [2.05, 4.69) is 5.32 Å². The molecule has 35 heavy (non-hydrogen) atoms. The number of esters is 2. The minimum atomic E-state index is -0.574. The van der Waals surface area contributed by atoms with Crippen LogP contribution in [0.4, 0.5) is 0 Å². The number of rotatable bonds is 10. The summed E-state index contributed by atoms with van der Waals surface area (Å²) in [6.07, 6.45) is 0.454. The van der Waals surface area contributed by atoms with Crippen LogP contribution in [0.2, 0.25) is 10.0 Å². The number of methoxy groups -OCH3 is 1. The number of halogens is 2. The van der Waals surface area contributed by atoms with Gasteiger partial charge in [-0.2, -0.15) is 0 Å². The lowest BCUT2D eigenvalue weighted by molar-refractivity contribution is -0.143. The average molecular weight is 518 g/mol. The molecular formula is C26H25Cl2NO6. The van der Waals surface area contributed by atoms with Gasteiger partial charge in [-0.05, 0) is 48.6 Å².